The molecule has 1 fully saturated rings. The van der Waals surface area contributed by atoms with Gasteiger partial charge in [0.25, 0.3) is 5.91 Å². The van der Waals surface area contributed by atoms with Crippen molar-refractivity contribution in [3.05, 3.63) is 95.3 Å². The van der Waals surface area contributed by atoms with Gasteiger partial charge in [0.05, 0.1) is 18.3 Å². The van der Waals surface area contributed by atoms with Gasteiger partial charge in [-0.2, -0.15) is 0 Å². The molecule has 2 heterocycles. The van der Waals surface area contributed by atoms with Crippen molar-refractivity contribution in [1.29, 1.82) is 0 Å². The minimum atomic E-state index is -0.614. The van der Waals surface area contributed by atoms with E-state index in [-0.39, 0.29) is 23.8 Å². The Morgan fingerprint density at radius 3 is 2.57 bits per heavy atom. The van der Waals surface area contributed by atoms with E-state index in [4.69, 9.17) is 4.74 Å². The van der Waals surface area contributed by atoms with Crippen LogP contribution in [0.4, 0.5) is 0 Å². The second-order valence-electron chi connectivity index (χ2n) is 9.99. The first kappa shape index (κ1) is 25.0. The molecule has 1 aliphatic carbocycles. The van der Waals surface area contributed by atoms with Gasteiger partial charge in [0, 0.05) is 18.7 Å². The van der Waals surface area contributed by atoms with Gasteiger partial charge in [-0.05, 0) is 66.6 Å². The van der Waals surface area contributed by atoms with Crippen molar-refractivity contribution in [2.24, 2.45) is 5.92 Å². The molecule has 0 spiro atoms. The summed E-state index contributed by atoms with van der Waals surface area (Å²) >= 11 is 0. The monoisotopic (exact) mass is 497 g/mol. The summed E-state index contributed by atoms with van der Waals surface area (Å²) in [6.07, 6.45) is 6.70. The van der Waals surface area contributed by atoms with Crippen molar-refractivity contribution in [3.63, 3.8) is 0 Å². The smallest absolute Gasteiger partial charge is 0.261 e. The molecule has 6 nitrogen and oxygen atoms in total. The molecule has 2 atom stereocenters. The third-order valence-electron chi connectivity index (χ3n) is 7.56. The van der Waals surface area contributed by atoms with E-state index >= 15 is 0 Å². The zero-order chi connectivity index (χ0) is 25.6. The van der Waals surface area contributed by atoms with Crippen LogP contribution in [0, 0.1) is 5.92 Å². The van der Waals surface area contributed by atoms with Gasteiger partial charge >= 0.3 is 0 Å². The van der Waals surface area contributed by atoms with E-state index in [0.717, 1.165) is 55.5 Å². The van der Waals surface area contributed by atoms with Gasteiger partial charge in [0.1, 0.15) is 5.75 Å². The van der Waals surface area contributed by atoms with Crippen molar-refractivity contribution < 1.29 is 14.3 Å². The van der Waals surface area contributed by atoms with Crippen molar-refractivity contribution in [1.82, 2.24) is 15.2 Å². The number of fused-ring (bicyclic) bond motifs is 1. The van der Waals surface area contributed by atoms with E-state index in [2.05, 4.69) is 33.4 Å². The largest absolute Gasteiger partial charge is 0.481 e. The number of benzene rings is 2. The van der Waals surface area contributed by atoms with Gasteiger partial charge in [-0.15, -0.1) is 0 Å². The molecule has 192 valence electrons. The fraction of sp³-hybridized carbons (Fsp3) is 0.387. The Labute approximate surface area is 219 Å². The molecule has 1 aromatic heterocycles. The molecule has 2 amide bonds. The van der Waals surface area contributed by atoms with Gasteiger partial charge in [0.15, 0.2) is 6.10 Å². The average molecular weight is 498 g/mol. The summed E-state index contributed by atoms with van der Waals surface area (Å²) < 4.78 is 6.22. The summed E-state index contributed by atoms with van der Waals surface area (Å²) in [4.78, 5) is 32.9. The number of hydrogen-bond donors (Lipinski definition) is 1. The Balaban J connectivity index is 1.38. The highest BCUT2D eigenvalue weighted by Crippen LogP contribution is 2.39. The lowest BCUT2D eigenvalue weighted by Crippen LogP contribution is -2.43. The Bertz CT molecular complexity index is 1210. The summed E-state index contributed by atoms with van der Waals surface area (Å²) in [5.41, 5.74) is 4.22. The molecule has 0 bridgehead atoms. The standard InChI is InChI=1S/C31H35N3O3/c1-2-28(30(35)33-21-25-14-8-9-18-32-25)37-26-16-15-22-17-19-34(31(36)24-12-6-7-13-24)29(27(22)20-26)23-10-4-3-5-11-23/h3-5,8-11,14-16,18,20,24,28-29H,2,6-7,12-13,17,19,21H2,1H3,(H,33,35). The second-order valence-corrected chi connectivity index (χ2v) is 9.99. The molecule has 2 aromatic carbocycles. The first-order valence-corrected chi connectivity index (χ1v) is 13.5. The number of nitrogens with one attached hydrogen (secondary N) is 1. The lowest BCUT2D eigenvalue weighted by Gasteiger charge is -2.39. The fourth-order valence-corrected chi connectivity index (χ4v) is 5.59. The van der Waals surface area contributed by atoms with Gasteiger partial charge in [-0.25, -0.2) is 0 Å². The van der Waals surface area contributed by atoms with Crippen molar-refractivity contribution in [2.75, 3.05) is 6.54 Å². The molecule has 3 aromatic rings. The number of nitrogens with zero attached hydrogens (tertiary/aromatic N) is 2. The van der Waals surface area contributed by atoms with Gasteiger partial charge in [0.2, 0.25) is 5.91 Å². The minimum absolute atomic E-state index is 0.125. The van der Waals surface area contributed by atoms with Crippen LogP contribution in [0.3, 0.4) is 0 Å². The molecule has 2 unspecified atom stereocenters. The van der Waals surface area contributed by atoms with E-state index in [1.165, 1.54) is 5.56 Å². The molecule has 1 saturated carbocycles. The van der Waals surface area contributed by atoms with Crippen LogP contribution in [0.1, 0.15) is 67.5 Å². The number of amides is 2. The molecule has 2 aliphatic rings. The molecule has 6 heteroatoms. The summed E-state index contributed by atoms with van der Waals surface area (Å²) in [6.45, 7) is 3.02. The van der Waals surface area contributed by atoms with Crippen molar-refractivity contribution in [3.8, 4) is 5.75 Å². The highest BCUT2D eigenvalue weighted by molar-refractivity contribution is 5.81. The van der Waals surface area contributed by atoms with Crippen molar-refractivity contribution in [2.45, 2.75) is 64.1 Å². The SMILES string of the molecule is CCC(Oc1ccc2c(c1)C(c1ccccc1)N(C(=O)C1CCCC1)CC2)C(=O)NCc1ccccn1. The fourth-order valence-electron chi connectivity index (χ4n) is 5.59. The topological polar surface area (TPSA) is 71.5 Å². The zero-order valence-corrected chi connectivity index (χ0v) is 21.4. The summed E-state index contributed by atoms with van der Waals surface area (Å²) in [5, 5.41) is 2.94. The first-order valence-electron chi connectivity index (χ1n) is 13.5. The van der Waals surface area contributed by atoms with Crippen LogP contribution in [0.2, 0.25) is 0 Å². The number of aromatic nitrogens is 1. The molecule has 37 heavy (non-hydrogen) atoms. The Kier molecular flexibility index (Phi) is 7.83. The van der Waals surface area contributed by atoms with Crippen molar-refractivity contribution >= 4 is 11.8 Å². The maximum Gasteiger partial charge on any atom is 0.261 e. The Morgan fingerprint density at radius 1 is 1.05 bits per heavy atom. The lowest BCUT2D eigenvalue weighted by molar-refractivity contribution is -0.137. The van der Waals surface area contributed by atoms with Crippen LogP contribution < -0.4 is 10.1 Å². The highest BCUT2D eigenvalue weighted by Gasteiger charge is 2.36. The molecular formula is C31H35N3O3. The van der Waals surface area contributed by atoms with Crippen LogP contribution in [-0.4, -0.2) is 34.3 Å². The van der Waals surface area contributed by atoms with Crippen LogP contribution in [-0.2, 0) is 22.6 Å². The Morgan fingerprint density at radius 2 is 1.84 bits per heavy atom. The zero-order valence-electron chi connectivity index (χ0n) is 21.4. The van der Waals surface area contributed by atoms with Crippen LogP contribution in [0.15, 0.2) is 72.9 Å². The number of carbonyl (C=O) groups excluding carboxylic acids is 2. The van der Waals surface area contributed by atoms with E-state index in [0.29, 0.717) is 18.7 Å². The molecule has 1 N–H and O–H groups in total. The third-order valence-corrected chi connectivity index (χ3v) is 7.56. The van der Waals surface area contributed by atoms with Gasteiger partial charge in [-0.1, -0.05) is 62.2 Å². The quantitative estimate of drug-likeness (QED) is 0.463. The summed E-state index contributed by atoms with van der Waals surface area (Å²) in [5.74, 6) is 0.876. The average Bonchev–Trinajstić information content (AvgIpc) is 3.50. The number of ether oxygens (including phenoxy) is 1. The molecular weight excluding hydrogens is 462 g/mol. The van der Waals surface area contributed by atoms with E-state index < -0.39 is 6.10 Å². The third kappa shape index (κ3) is 5.68. The number of pyridine rings is 1. The predicted molar refractivity (Wildman–Crippen MR) is 143 cm³/mol. The van der Waals surface area contributed by atoms with Gasteiger partial charge < -0.3 is 15.0 Å². The molecule has 0 radical (unpaired) electrons. The molecule has 1 aliphatic heterocycles. The van der Waals surface area contributed by atoms with E-state index in [1.807, 2.05) is 55.5 Å². The summed E-state index contributed by atoms with van der Waals surface area (Å²) in [7, 11) is 0. The highest BCUT2D eigenvalue weighted by atomic mass is 16.5. The Hall–Kier alpha value is -3.67. The first-order chi connectivity index (χ1) is 18.1. The maximum absolute atomic E-state index is 13.6. The molecule has 0 saturated heterocycles. The van der Waals surface area contributed by atoms with Crippen LogP contribution >= 0.6 is 0 Å². The minimum Gasteiger partial charge on any atom is -0.481 e. The normalized spacial score (nSPS) is 18.2. The second kappa shape index (κ2) is 11.6. The maximum atomic E-state index is 13.6. The summed E-state index contributed by atoms with van der Waals surface area (Å²) in [6, 6.07) is 21.8. The molecule has 5 rings (SSSR count). The van der Waals surface area contributed by atoms with Crippen LogP contribution in [0.25, 0.3) is 0 Å². The van der Waals surface area contributed by atoms with E-state index in [9.17, 15) is 9.59 Å². The van der Waals surface area contributed by atoms with Gasteiger partial charge in [-0.3, -0.25) is 14.6 Å². The number of rotatable bonds is 8. The van der Waals surface area contributed by atoms with E-state index in [1.54, 1.807) is 6.20 Å². The number of carbonyl (C=O) groups is 2. The lowest BCUT2D eigenvalue weighted by atomic mass is 9.87. The van der Waals surface area contributed by atoms with Crippen LogP contribution in [0.5, 0.6) is 5.75 Å². The number of hydrogen-bond acceptors (Lipinski definition) is 4. The predicted octanol–water partition coefficient (Wildman–Crippen LogP) is 5.22.